The van der Waals surface area contributed by atoms with Gasteiger partial charge < -0.3 is 24.6 Å². The Hall–Kier alpha value is -1.50. The third kappa shape index (κ3) is 5.85. The van der Waals surface area contributed by atoms with Crippen LogP contribution >= 0.6 is 11.6 Å². The van der Waals surface area contributed by atoms with E-state index in [9.17, 15) is 0 Å². The van der Waals surface area contributed by atoms with Crippen molar-refractivity contribution in [2.24, 2.45) is 4.99 Å². The van der Waals surface area contributed by atoms with Crippen molar-refractivity contribution < 1.29 is 9.47 Å². The fourth-order valence-electron chi connectivity index (χ4n) is 2.66. The van der Waals surface area contributed by atoms with E-state index < -0.39 is 0 Å². The number of halogens is 1. The van der Waals surface area contributed by atoms with Crippen molar-refractivity contribution >= 4 is 23.2 Å². The van der Waals surface area contributed by atoms with Gasteiger partial charge in [-0.05, 0) is 18.2 Å². The summed E-state index contributed by atoms with van der Waals surface area (Å²) in [5.41, 5.74) is 1.18. The maximum Gasteiger partial charge on any atom is 0.193 e. The van der Waals surface area contributed by atoms with Gasteiger partial charge in [-0.1, -0.05) is 17.7 Å². The number of benzene rings is 1. The highest BCUT2D eigenvalue weighted by Gasteiger charge is 2.19. The van der Waals surface area contributed by atoms with Crippen LogP contribution in [0, 0.1) is 0 Å². The van der Waals surface area contributed by atoms with Crippen molar-refractivity contribution in [3.8, 4) is 0 Å². The molecule has 0 saturated carbocycles. The smallest absolute Gasteiger partial charge is 0.193 e. The molecule has 1 fully saturated rings. The Morgan fingerprint density at radius 3 is 2.67 bits per heavy atom. The quantitative estimate of drug-likeness (QED) is 0.459. The van der Waals surface area contributed by atoms with E-state index in [1.54, 1.807) is 7.11 Å². The number of piperazine rings is 1. The van der Waals surface area contributed by atoms with Gasteiger partial charge in [0.05, 0.1) is 19.8 Å². The molecule has 0 aliphatic carbocycles. The first kappa shape index (κ1) is 18.8. The maximum atomic E-state index is 6.08. The number of guanidine groups is 1. The number of rotatable bonds is 7. The molecule has 0 bridgehead atoms. The van der Waals surface area contributed by atoms with E-state index in [1.807, 2.05) is 25.2 Å². The molecular weight excluding hydrogens is 328 g/mol. The lowest BCUT2D eigenvalue weighted by molar-refractivity contribution is 0.0731. The van der Waals surface area contributed by atoms with E-state index in [1.165, 1.54) is 5.69 Å². The van der Waals surface area contributed by atoms with Gasteiger partial charge in [0.15, 0.2) is 5.96 Å². The Labute approximate surface area is 149 Å². The standard InChI is InChI=1S/C17H27ClN4O2/c1-19-17(20-6-11-24-13-12-23-2)22-9-7-21(8-10-22)16-5-3-4-15(18)14-16/h3-5,14H,6-13H2,1-2H3,(H,19,20). The number of hydrogen-bond donors (Lipinski definition) is 1. The lowest BCUT2D eigenvalue weighted by Gasteiger charge is -2.37. The minimum atomic E-state index is 0.620. The molecule has 0 aromatic heterocycles. The second-order valence-corrected chi connectivity index (χ2v) is 5.97. The van der Waals surface area contributed by atoms with Crippen LogP contribution in [0.25, 0.3) is 0 Å². The van der Waals surface area contributed by atoms with Crippen molar-refractivity contribution in [3.05, 3.63) is 29.3 Å². The fraction of sp³-hybridized carbons (Fsp3) is 0.588. The van der Waals surface area contributed by atoms with Gasteiger partial charge in [-0.15, -0.1) is 0 Å². The van der Waals surface area contributed by atoms with Crippen LogP contribution in [0.2, 0.25) is 5.02 Å². The summed E-state index contributed by atoms with van der Waals surface area (Å²) < 4.78 is 10.4. The van der Waals surface area contributed by atoms with Gasteiger partial charge in [-0.3, -0.25) is 4.99 Å². The molecule has 1 N–H and O–H groups in total. The van der Waals surface area contributed by atoms with Gasteiger partial charge in [0.1, 0.15) is 0 Å². The first-order valence-corrected chi connectivity index (χ1v) is 8.65. The summed E-state index contributed by atoms with van der Waals surface area (Å²) in [4.78, 5) is 8.99. The molecule has 0 atom stereocenters. The minimum absolute atomic E-state index is 0.620. The molecule has 24 heavy (non-hydrogen) atoms. The van der Waals surface area contributed by atoms with Crippen LogP contribution in [0.3, 0.4) is 0 Å². The SMILES string of the molecule is CN=C(NCCOCCOC)N1CCN(c2cccc(Cl)c2)CC1. The van der Waals surface area contributed by atoms with Crippen LogP contribution in [-0.4, -0.2) is 77.6 Å². The first-order chi connectivity index (χ1) is 11.7. The van der Waals surface area contributed by atoms with Gasteiger partial charge in [-0.2, -0.15) is 0 Å². The van der Waals surface area contributed by atoms with Crippen LogP contribution in [-0.2, 0) is 9.47 Å². The van der Waals surface area contributed by atoms with Crippen LogP contribution in [0.15, 0.2) is 29.3 Å². The van der Waals surface area contributed by atoms with E-state index in [-0.39, 0.29) is 0 Å². The molecule has 1 heterocycles. The molecule has 1 saturated heterocycles. The normalized spacial score (nSPS) is 15.7. The lowest BCUT2D eigenvalue weighted by Crippen LogP contribution is -2.53. The van der Waals surface area contributed by atoms with Crippen LogP contribution in [0.1, 0.15) is 0 Å². The van der Waals surface area contributed by atoms with Crippen LogP contribution in [0.4, 0.5) is 5.69 Å². The molecule has 2 rings (SSSR count). The summed E-state index contributed by atoms with van der Waals surface area (Å²) in [5.74, 6) is 0.927. The number of ether oxygens (including phenoxy) is 2. The van der Waals surface area contributed by atoms with Crippen molar-refractivity contribution in [2.75, 3.05) is 71.6 Å². The van der Waals surface area contributed by atoms with E-state index in [0.29, 0.717) is 19.8 Å². The second-order valence-electron chi connectivity index (χ2n) is 5.53. The van der Waals surface area contributed by atoms with Gasteiger partial charge >= 0.3 is 0 Å². The molecule has 7 heteroatoms. The molecule has 134 valence electrons. The van der Waals surface area contributed by atoms with Crippen molar-refractivity contribution in [1.82, 2.24) is 10.2 Å². The molecule has 0 unspecified atom stereocenters. The Bertz CT molecular complexity index is 519. The summed E-state index contributed by atoms with van der Waals surface area (Å²) in [5, 5.41) is 4.13. The highest BCUT2D eigenvalue weighted by Crippen LogP contribution is 2.20. The predicted molar refractivity (Wildman–Crippen MR) is 99.3 cm³/mol. The van der Waals surface area contributed by atoms with Crippen molar-refractivity contribution in [2.45, 2.75) is 0 Å². The van der Waals surface area contributed by atoms with Gasteiger partial charge in [0.2, 0.25) is 0 Å². The largest absolute Gasteiger partial charge is 0.382 e. The number of methoxy groups -OCH3 is 1. The summed E-state index contributed by atoms with van der Waals surface area (Å²) in [6.45, 7) is 6.38. The first-order valence-electron chi connectivity index (χ1n) is 8.27. The topological polar surface area (TPSA) is 49.3 Å². The number of aliphatic imine (C=N–C) groups is 1. The second kappa shape index (κ2) is 10.4. The number of anilines is 1. The third-order valence-corrected chi connectivity index (χ3v) is 4.16. The Morgan fingerprint density at radius 1 is 1.21 bits per heavy atom. The summed E-state index contributed by atoms with van der Waals surface area (Å²) >= 11 is 6.08. The van der Waals surface area contributed by atoms with Crippen LogP contribution in [0.5, 0.6) is 0 Å². The van der Waals surface area contributed by atoms with E-state index in [4.69, 9.17) is 21.1 Å². The zero-order valence-corrected chi connectivity index (χ0v) is 15.3. The lowest BCUT2D eigenvalue weighted by atomic mass is 10.2. The monoisotopic (exact) mass is 354 g/mol. The molecule has 0 radical (unpaired) electrons. The number of hydrogen-bond acceptors (Lipinski definition) is 4. The average molecular weight is 355 g/mol. The van der Waals surface area contributed by atoms with E-state index in [2.05, 4.69) is 26.2 Å². The Balaban J connectivity index is 1.73. The van der Waals surface area contributed by atoms with E-state index >= 15 is 0 Å². The third-order valence-electron chi connectivity index (χ3n) is 3.93. The number of nitrogens with zero attached hydrogens (tertiary/aromatic N) is 3. The highest BCUT2D eigenvalue weighted by molar-refractivity contribution is 6.30. The molecule has 1 aromatic carbocycles. The molecule has 1 aliphatic rings. The average Bonchev–Trinajstić information content (AvgIpc) is 2.61. The summed E-state index contributed by atoms with van der Waals surface area (Å²) in [6, 6.07) is 8.02. The van der Waals surface area contributed by atoms with Crippen LogP contribution < -0.4 is 10.2 Å². The summed E-state index contributed by atoms with van der Waals surface area (Å²) in [7, 11) is 3.49. The number of nitrogens with one attached hydrogen (secondary N) is 1. The van der Waals surface area contributed by atoms with E-state index in [0.717, 1.165) is 43.7 Å². The molecular formula is C17H27ClN4O2. The zero-order valence-electron chi connectivity index (χ0n) is 14.5. The van der Waals surface area contributed by atoms with Gasteiger partial charge in [-0.25, -0.2) is 0 Å². The molecule has 6 nitrogen and oxygen atoms in total. The summed E-state index contributed by atoms with van der Waals surface area (Å²) in [6.07, 6.45) is 0. The maximum absolute atomic E-state index is 6.08. The molecule has 1 aromatic rings. The van der Waals surface area contributed by atoms with Crippen molar-refractivity contribution in [1.29, 1.82) is 0 Å². The van der Waals surface area contributed by atoms with Gasteiger partial charge in [0, 0.05) is 57.6 Å². The molecule has 0 amide bonds. The molecule has 1 aliphatic heterocycles. The fourth-order valence-corrected chi connectivity index (χ4v) is 2.85. The predicted octanol–water partition coefficient (Wildman–Crippen LogP) is 1.70. The Morgan fingerprint density at radius 2 is 2.00 bits per heavy atom. The van der Waals surface area contributed by atoms with Crippen molar-refractivity contribution in [3.63, 3.8) is 0 Å². The highest BCUT2D eigenvalue weighted by atomic mass is 35.5. The van der Waals surface area contributed by atoms with Gasteiger partial charge in [0.25, 0.3) is 0 Å². The molecule has 0 spiro atoms. The zero-order chi connectivity index (χ0) is 17.2. The Kier molecular flexibility index (Phi) is 8.15. The minimum Gasteiger partial charge on any atom is -0.382 e.